The summed E-state index contributed by atoms with van der Waals surface area (Å²) < 4.78 is 33.0. The van der Waals surface area contributed by atoms with E-state index in [9.17, 15) is 18.3 Å². The third-order valence-electron chi connectivity index (χ3n) is 4.44. The standard InChI is InChI=1S/C20H24N2O5S2/c1-20(2,24)10-9-16-7-8-17(27-16)19(23)22-11-3-5-15(14-22)13-21-29(25,26)18-6-4-12-28-18/h4,6-8,12,15,21,24H,3,5,11,13-14H2,1-2H3/t15-/m1/s1. The fourth-order valence-electron chi connectivity index (χ4n) is 3.02. The van der Waals surface area contributed by atoms with Crippen LogP contribution >= 0.6 is 11.3 Å². The lowest BCUT2D eigenvalue weighted by molar-refractivity contribution is 0.0643. The van der Waals surface area contributed by atoms with Crippen LogP contribution in [-0.4, -0.2) is 49.6 Å². The van der Waals surface area contributed by atoms with Gasteiger partial charge in [0.2, 0.25) is 10.0 Å². The van der Waals surface area contributed by atoms with Gasteiger partial charge in [-0.25, -0.2) is 13.1 Å². The Kier molecular flexibility index (Phi) is 6.49. The van der Waals surface area contributed by atoms with Gasteiger partial charge in [-0.3, -0.25) is 4.79 Å². The summed E-state index contributed by atoms with van der Waals surface area (Å²) in [5.41, 5.74) is -1.15. The van der Waals surface area contributed by atoms with Crippen LogP contribution in [0.3, 0.4) is 0 Å². The fraction of sp³-hybridized carbons (Fsp3) is 0.450. The molecule has 7 nitrogen and oxygen atoms in total. The van der Waals surface area contributed by atoms with Crippen molar-refractivity contribution in [3.8, 4) is 11.8 Å². The van der Waals surface area contributed by atoms with E-state index in [-0.39, 0.29) is 28.3 Å². The predicted molar refractivity (Wildman–Crippen MR) is 110 cm³/mol. The molecule has 2 aromatic heterocycles. The highest BCUT2D eigenvalue weighted by Crippen LogP contribution is 2.21. The molecule has 156 valence electrons. The Hall–Kier alpha value is -2.12. The maximum absolute atomic E-state index is 12.7. The molecule has 0 saturated carbocycles. The van der Waals surface area contributed by atoms with Gasteiger partial charge in [0.1, 0.15) is 9.81 Å². The van der Waals surface area contributed by atoms with Crippen LogP contribution in [0.4, 0.5) is 0 Å². The lowest BCUT2D eigenvalue weighted by atomic mass is 9.98. The summed E-state index contributed by atoms with van der Waals surface area (Å²) in [6.07, 6.45) is 1.64. The van der Waals surface area contributed by atoms with Crippen molar-refractivity contribution in [1.29, 1.82) is 0 Å². The first-order valence-corrected chi connectivity index (χ1v) is 11.7. The Morgan fingerprint density at radius 3 is 2.90 bits per heavy atom. The lowest BCUT2D eigenvalue weighted by Crippen LogP contribution is -2.43. The third kappa shape index (κ3) is 5.93. The number of nitrogens with one attached hydrogen (secondary N) is 1. The second kappa shape index (κ2) is 8.71. The molecule has 0 radical (unpaired) electrons. The van der Waals surface area contributed by atoms with Crippen LogP contribution in [-0.2, 0) is 10.0 Å². The van der Waals surface area contributed by atoms with E-state index in [0.29, 0.717) is 18.8 Å². The largest absolute Gasteiger partial charge is 0.443 e. The van der Waals surface area contributed by atoms with Crippen LogP contribution in [0.2, 0.25) is 0 Å². The maximum atomic E-state index is 12.7. The molecule has 1 saturated heterocycles. The van der Waals surface area contributed by atoms with Crippen LogP contribution in [0, 0.1) is 17.8 Å². The molecule has 0 spiro atoms. The number of amides is 1. The number of hydrogen-bond donors (Lipinski definition) is 2. The zero-order chi connectivity index (χ0) is 21.1. The van der Waals surface area contributed by atoms with Gasteiger partial charge in [0.15, 0.2) is 11.5 Å². The minimum Gasteiger partial charge on any atom is -0.443 e. The van der Waals surface area contributed by atoms with Crippen molar-refractivity contribution in [2.24, 2.45) is 5.92 Å². The molecule has 1 aliphatic rings. The van der Waals surface area contributed by atoms with Crippen molar-refractivity contribution < 1.29 is 22.7 Å². The van der Waals surface area contributed by atoms with Gasteiger partial charge in [-0.05, 0) is 62.1 Å². The number of furan rings is 1. The minimum atomic E-state index is -3.51. The van der Waals surface area contributed by atoms with Crippen LogP contribution < -0.4 is 4.72 Å². The molecule has 1 aliphatic heterocycles. The summed E-state index contributed by atoms with van der Waals surface area (Å²) in [6, 6.07) is 6.44. The Morgan fingerprint density at radius 1 is 1.41 bits per heavy atom. The summed E-state index contributed by atoms with van der Waals surface area (Å²) >= 11 is 1.17. The quantitative estimate of drug-likeness (QED) is 0.701. The van der Waals surface area contributed by atoms with Crippen LogP contribution in [0.25, 0.3) is 0 Å². The van der Waals surface area contributed by atoms with Gasteiger partial charge in [-0.2, -0.15) is 0 Å². The van der Waals surface area contributed by atoms with E-state index in [1.54, 1.807) is 48.4 Å². The number of hydrogen-bond acceptors (Lipinski definition) is 6. The highest BCUT2D eigenvalue weighted by Gasteiger charge is 2.27. The Morgan fingerprint density at radius 2 is 2.21 bits per heavy atom. The number of piperidine rings is 1. The molecule has 2 aromatic rings. The topological polar surface area (TPSA) is 99.9 Å². The average Bonchev–Trinajstić information content (AvgIpc) is 3.36. The van der Waals surface area contributed by atoms with E-state index in [1.807, 2.05) is 0 Å². The SMILES string of the molecule is CC(C)(O)C#Cc1ccc(C(=O)N2CCC[C@H](CNS(=O)(=O)c3cccs3)C2)o1. The van der Waals surface area contributed by atoms with Crippen molar-refractivity contribution in [1.82, 2.24) is 9.62 Å². The number of rotatable bonds is 5. The van der Waals surface area contributed by atoms with Gasteiger partial charge in [-0.15, -0.1) is 11.3 Å². The van der Waals surface area contributed by atoms with Crippen molar-refractivity contribution >= 4 is 27.3 Å². The first-order valence-electron chi connectivity index (χ1n) is 9.32. The highest BCUT2D eigenvalue weighted by atomic mass is 32.2. The number of carbonyl (C=O) groups excluding carboxylic acids is 1. The summed E-state index contributed by atoms with van der Waals surface area (Å²) in [5, 5.41) is 11.4. The summed E-state index contributed by atoms with van der Waals surface area (Å²) in [7, 11) is -3.51. The number of sulfonamides is 1. The Labute approximate surface area is 174 Å². The number of carbonyl (C=O) groups is 1. The molecule has 0 bridgehead atoms. The molecule has 0 aromatic carbocycles. The monoisotopic (exact) mass is 436 g/mol. The fourth-order valence-corrected chi connectivity index (χ4v) is 5.18. The molecule has 0 unspecified atom stereocenters. The second-order valence-corrected chi connectivity index (χ2v) is 10.5. The van der Waals surface area contributed by atoms with Crippen molar-refractivity contribution in [2.75, 3.05) is 19.6 Å². The zero-order valence-electron chi connectivity index (χ0n) is 16.3. The first kappa shape index (κ1) is 21.6. The first-order chi connectivity index (χ1) is 13.6. The third-order valence-corrected chi connectivity index (χ3v) is 7.26. The average molecular weight is 437 g/mol. The summed E-state index contributed by atoms with van der Waals surface area (Å²) in [6.45, 7) is 4.46. The van der Waals surface area contributed by atoms with E-state index in [0.717, 1.165) is 12.8 Å². The normalized spacial score (nSPS) is 17.6. The van der Waals surface area contributed by atoms with Crippen LogP contribution in [0.1, 0.15) is 43.0 Å². The van der Waals surface area contributed by atoms with Crippen molar-refractivity contribution in [2.45, 2.75) is 36.5 Å². The zero-order valence-corrected chi connectivity index (χ0v) is 18.0. The number of likely N-dealkylation sites (tertiary alicyclic amines) is 1. The summed E-state index contributed by atoms with van der Waals surface area (Å²) in [5.74, 6) is 5.64. The lowest BCUT2D eigenvalue weighted by Gasteiger charge is -2.32. The van der Waals surface area contributed by atoms with Gasteiger partial charge in [0.25, 0.3) is 5.91 Å². The van der Waals surface area contributed by atoms with Gasteiger partial charge in [-0.1, -0.05) is 12.0 Å². The minimum absolute atomic E-state index is 0.0341. The Bertz CT molecular complexity index is 1010. The van der Waals surface area contributed by atoms with E-state index >= 15 is 0 Å². The van der Waals surface area contributed by atoms with E-state index in [2.05, 4.69) is 16.6 Å². The molecule has 29 heavy (non-hydrogen) atoms. The maximum Gasteiger partial charge on any atom is 0.289 e. The molecule has 0 aliphatic carbocycles. The molecule has 3 heterocycles. The van der Waals surface area contributed by atoms with E-state index < -0.39 is 15.6 Å². The molecule has 1 amide bonds. The molecular weight excluding hydrogens is 412 g/mol. The van der Waals surface area contributed by atoms with Crippen molar-refractivity contribution in [3.63, 3.8) is 0 Å². The molecular formula is C20H24N2O5S2. The molecule has 3 rings (SSSR count). The Balaban J connectivity index is 1.59. The smallest absolute Gasteiger partial charge is 0.289 e. The second-order valence-electron chi connectivity index (χ2n) is 7.52. The number of thiophene rings is 1. The molecule has 1 fully saturated rings. The summed E-state index contributed by atoms with van der Waals surface area (Å²) in [4.78, 5) is 14.4. The van der Waals surface area contributed by atoms with E-state index in [4.69, 9.17) is 4.42 Å². The van der Waals surface area contributed by atoms with E-state index in [1.165, 1.54) is 11.3 Å². The molecule has 1 atom stereocenters. The number of aliphatic hydroxyl groups is 1. The molecule has 2 N–H and O–H groups in total. The number of nitrogens with zero attached hydrogens (tertiary/aromatic N) is 1. The highest BCUT2D eigenvalue weighted by molar-refractivity contribution is 7.91. The van der Waals surface area contributed by atoms with Crippen LogP contribution in [0.5, 0.6) is 0 Å². The van der Waals surface area contributed by atoms with Gasteiger partial charge < -0.3 is 14.4 Å². The predicted octanol–water partition coefficient (Wildman–Crippen LogP) is 2.29. The van der Waals surface area contributed by atoms with Crippen molar-refractivity contribution in [3.05, 3.63) is 41.2 Å². The van der Waals surface area contributed by atoms with Gasteiger partial charge in [0, 0.05) is 19.6 Å². The van der Waals surface area contributed by atoms with Gasteiger partial charge in [0.05, 0.1) is 0 Å². The van der Waals surface area contributed by atoms with Crippen LogP contribution in [0.15, 0.2) is 38.3 Å². The van der Waals surface area contributed by atoms with Gasteiger partial charge >= 0.3 is 0 Å². The molecule has 9 heteroatoms.